The van der Waals surface area contributed by atoms with Crippen LogP contribution in [0.15, 0.2) is 24.7 Å². The van der Waals surface area contributed by atoms with Crippen molar-refractivity contribution >= 4 is 27.5 Å². The van der Waals surface area contributed by atoms with E-state index < -0.39 is 0 Å². The van der Waals surface area contributed by atoms with Crippen LogP contribution < -0.4 is 5.73 Å². The fourth-order valence-electron chi connectivity index (χ4n) is 1.90. The van der Waals surface area contributed by atoms with Gasteiger partial charge in [-0.3, -0.25) is 0 Å². The second-order valence-electron chi connectivity index (χ2n) is 4.06. The van der Waals surface area contributed by atoms with Crippen molar-refractivity contribution in [2.24, 2.45) is 0 Å². The zero-order chi connectivity index (χ0) is 11.8. The molecule has 0 unspecified atom stereocenters. The first-order valence-corrected chi connectivity index (χ1v) is 6.17. The third-order valence-electron chi connectivity index (χ3n) is 2.69. The van der Waals surface area contributed by atoms with Gasteiger partial charge in [-0.15, -0.1) is 11.3 Å². The quantitative estimate of drug-likeness (QED) is 0.727. The number of H-pyrrole nitrogens is 1. The van der Waals surface area contributed by atoms with Crippen LogP contribution in [0, 0.1) is 6.92 Å². The summed E-state index contributed by atoms with van der Waals surface area (Å²) in [4.78, 5) is 12.8. The minimum atomic E-state index is 0.620. The van der Waals surface area contributed by atoms with Gasteiger partial charge < -0.3 is 10.7 Å². The predicted molar refractivity (Wildman–Crippen MR) is 70.2 cm³/mol. The highest BCUT2D eigenvalue weighted by Crippen LogP contribution is 2.23. The van der Waals surface area contributed by atoms with Gasteiger partial charge >= 0.3 is 0 Å². The number of anilines is 1. The minimum Gasteiger partial charge on any atom is -0.375 e. The van der Waals surface area contributed by atoms with Crippen LogP contribution in [0.25, 0.3) is 11.0 Å². The zero-order valence-electron chi connectivity index (χ0n) is 9.40. The summed E-state index contributed by atoms with van der Waals surface area (Å²) < 4.78 is 0. The van der Waals surface area contributed by atoms with Crippen molar-refractivity contribution in [3.05, 3.63) is 40.7 Å². The lowest BCUT2D eigenvalue weighted by Gasteiger charge is -1.97. The third kappa shape index (κ3) is 1.89. The fourth-order valence-corrected chi connectivity index (χ4v) is 2.61. The normalized spacial score (nSPS) is 11.1. The van der Waals surface area contributed by atoms with Crippen molar-refractivity contribution in [1.82, 2.24) is 15.0 Å². The van der Waals surface area contributed by atoms with E-state index in [-0.39, 0.29) is 0 Å². The fraction of sp³-hybridized carbons (Fsp3) is 0.167. The molecule has 0 amide bonds. The lowest BCUT2D eigenvalue weighted by molar-refractivity contribution is 1.23. The van der Waals surface area contributed by atoms with E-state index in [1.54, 1.807) is 0 Å². The first-order valence-electron chi connectivity index (χ1n) is 5.35. The van der Waals surface area contributed by atoms with Crippen LogP contribution in [-0.4, -0.2) is 15.0 Å². The second-order valence-corrected chi connectivity index (χ2v) is 5.21. The summed E-state index contributed by atoms with van der Waals surface area (Å²) in [5, 5.41) is 1.80. The van der Waals surface area contributed by atoms with E-state index in [2.05, 4.69) is 21.0 Å². The Morgan fingerprint density at radius 1 is 1.35 bits per heavy atom. The van der Waals surface area contributed by atoms with Crippen molar-refractivity contribution in [2.75, 3.05) is 5.73 Å². The summed E-state index contributed by atoms with van der Waals surface area (Å²) in [5.41, 5.74) is 8.97. The number of nitrogen functional groups attached to an aromatic ring is 1. The molecule has 4 nitrogen and oxygen atoms in total. The summed E-state index contributed by atoms with van der Waals surface area (Å²) in [5.74, 6) is 0. The number of nitrogens with zero attached hydrogens (tertiary/aromatic N) is 2. The first kappa shape index (κ1) is 10.3. The Kier molecular flexibility index (Phi) is 2.33. The number of nitrogens with one attached hydrogen (secondary N) is 1. The van der Waals surface area contributed by atoms with E-state index in [1.165, 1.54) is 32.7 Å². The molecular formula is C12H12N4S. The van der Waals surface area contributed by atoms with Crippen molar-refractivity contribution in [2.45, 2.75) is 13.3 Å². The van der Waals surface area contributed by atoms with Crippen LogP contribution in [0.3, 0.4) is 0 Å². The van der Waals surface area contributed by atoms with Crippen LogP contribution in [-0.2, 0) is 6.42 Å². The molecule has 86 valence electrons. The number of rotatable bonds is 2. The Labute approximate surface area is 103 Å². The molecule has 3 aromatic rings. The number of nitrogens with two attached hydrogens (primary N) is 1. The van der Waals surface area contributed by atoms with Gasteiger partial charge in [0, 0.05) is 35.3 Å². The van der Waals surface area contributed by atoms with E-state index in [0.717, 1.165) is 12.1 Å². The summed E-state index contributed by atoms with van der Waals surface area (Å²) in [7, 11) is 0. The Morgan fingerprint density at radius 3 is 3.00 bits per heavy atom. The van der Waals surface area contributed by atoms with E-state index >= 15 is 0 Å². The van der Waals surface area contributed by atoms with Gasteiger partial charge in [-0.25, -0.2) is 9.97 Å². The first-order chi connectivity index (χ1) is 8.22. The number of aromatic nitrogens is 3. The highest BCUT2D eigenvalue weighted by molar-refractivity contribution is 7.15. The lowest BCUT2D eigenvalue weighted by atomic mass is 10.1. The molecule has 0 radical (unpaired) electrons. The van der Waals surface area contributed by atoms with E-state index in [9.17, 15) is 0 Å². The van der Waals surface area contributed by atoms with Gasteiger partial charge in [-0.05, 0) is 24.1 Å². The third-order valence-corrected chi connectivity index (χ3v) is 3.52. The Hall–Kier alpha value is -1.88. The molecule has 17 heavy (non-hydrogen) atoms. The van der Waals surface area contributed by atoms with Gasteiger partial charge in [0.1, 0.15) is 5.65 Å². The monoisotopic (exact) mass is 244 g/mol. The molecule has 0 spiro atoms. The molecule has 5 heteroatoms. The molecule has 0 bridgehead atoms. The molecule has 0 saturated heterocycles. The summed E-state index contributed by atoms with van der Waals surface area (Å²) in [6.45, 7) is 2.05. The number of pyridine rings is 1. The number of hydrogen-bond acceptors (Lipinski definition) is 4. The largest absolute Gasteiger partial charge is 0.375 e. The molecule has 0 atom stereocenters. The molecule has 0 aliphatic rings. The molecule has 0 fully saturated rings. The number of fused-ring (bicyclic) bond motifs is 1. The van der Waals surface area contributed by atoms with Crippen molar-refractivity contribution in [3.63, 3.8) is 0 Å². The molecule has 0 aliphatic heterocycles. The standard InChI is InChI=1S/C12H12N4S/c1-7-2-10-8(5-15-11(10)14-4-7)3-9-6-16-12(13)17-9/h2,4-6H,3H2,1H3,(H2,13,16)(H,14,15). The van der Waals surface area contributed by atoms with Gasteiger partial charge in [0.25, 0.3) is 0 Å². The zero-order valence-corrected chi connectivity index (χ0v) is 10.2. The Bertz CT molecular complexity index is 668. The topological polar surface area (TPSA) is 67.6 Å². The average Bonchev–Trinajstić information content (AvgIpc) is 2.87. The molecule has 3 aromatic heterocycles. The van der Waals surface area contributed by atoms with Crippen molar-refractivity contribution in [1.29, 1.82) is 0 Å². The second kappa shape index (κ2) is 3.85. The highest BCUT2D eigenvalue weighted by Gasteiger charge is 2.07. The number of hydrogen-bond donors (Lipinski definition) is 2. The van der Waals surface area contributed by atoms with Gasteiger partial charge in [0.2, 0.25) is 0 Å². The highest BCUT2D eigenvalue weighted by atomic mass is 32.1. The molecule has 3 N–H and O–H groups in total. The summed E-state index contributed by atoms with van der Waals surface area (Å²) >= 11 is 1.53. The smallest absolute Gasteiger partial charge is 0.180 e. The molecule has 0 saturated carbocycles. The number of aryl methyl sites for hydroxylation is 1. The SMILES string of the molecule is Cc1cnc2[nH]cc(Cc3cnc(N)s3)c2c1. The maximum Gasteiger partial charge on any atom is 0.180 e. The molecule has 3 heterocycles. The molecule has 0 aromatic carbocycles. The maximum absolute atomic E-state index is 5.63. The van der Waals surface area contributed by atoms with E-state index in [1.807, 2.05) is 25.5 Å². The molecular weight excluding hydrogens is 232 g/mol. The van der Waals surface area contributed by atoms with Crippen molar-refractivity contribution < 1.29 is 0 Å². The van der Waals surface area contributed by atoms with Crippen LogP contribution in [0.1, 0.15) is 16.0 Å². The number of aromatic amines is 1. The number of thiazole rings is 1. The maximum atomic E-state index is 5.63. The molecule has 0 aliphatic carbocycles. The van der Waals surface area contributed by atoms with Crippen molar-refractivity contribution in [3.8, 4) is 0 Å². The van der Waals surface area contributed by atoms with Gasteiger partial charge in [-0.1, -0.05) is 0 Å². The van der Waals surface area contributed by atoms with Crippen LogP contribution in [0.5, 0.6) is 0 Å². The van der Waals surface area contributed by atoms with Crippen LogP contribution in [0.2, 0.25) is 0 Å². The summed E-state index contributed by atoms with van der Waals surface area (Å²) in [6, 6.07) is 2.15. The summed E-state index contributed by atoms with van der Waals surface area (Å²) in [6.07, 6.45) is 6.56. The van der Waals surface area contributed by atoms with Gasteiger partial charge in [0.05, 0.1) is 0 Å². The Balaban J connectivity index is 2.03. The van der Waals surface area contributed by atoms with Gasteiger partial charge in [0.15, 0.2) is 5.13 Å². The van der Waals surface area contributed by atoms with Gasteiger partial charge in [-0.2, -0.15) is 0 Å². The van der Waals surface area contributed by atoms with Crippen LogP contribution in [0.4, 0.5) is 5.13 Å². The van der Waals surface area contributed by atoms with Crippen LogP contribution >= 0.6 is 11.3 Å². The predicted octanol–water partition coefficient (Wildman–Crippen LogP) is 2.50. The minimum absolute atomic E-state index is 0.620. The lowest BCUT2D eigenvalue weighted by Crippen LogP contribution is -1.84. The van der Waals surface area contributed by atoms with E-state index in [4.69, 9.17) is 5.73 Å². The Morgan fingerprint density at radius 2 is 2.24 bits per heavy atom. The average molecular weight is 244 g/mol. The van der Waals surface area contributed by atoms with E-state index in [0.29, 0.717) is 5.13 Å². The molecule has 3 rings (SSSR count).